The number of carbonyl (C=O) groups excluding carboxylic acids is 1. The molecule has 1 heterocycles. The van der Waals surface area contributed by atoms with Gasteiger partial charge in [0.05, 0.1) is 11.8 Å². The predicted molar refractivity (Wildman–Crippen MR) is 102 cm³/mol. The molecule has 1 unspecified atom stereocenters. The Labute approximate surface area is 154 Å². The van der Waals surface area contributed by atoms with Crippen LogP contribution in [0.4, 0.5) is 0 Å². The second kappa shape index (κ2) is 7.84. The lowest BCUT2D eigenvalue weighted by atomic mass is 10.2. The molecule has 1 atom stereocenters. The van der Waals surface area contributed by atoms with E-state index in [9.17, 15) is 9.59 Å². The Kier molecular flexibility index (Phi) is 5.34. The molecule has 0 aliphatic heterocycles. The molecular formula is C19H16ClN3O3. The number of halogens is 1. The van der Waals surface area contributed by atoms with E-state index in [-0.39, 0.29) is 5.56 Å². The van der Waals surface area contributed by atoms with Crippen molar-refractivity contribution in [1.82, 2.24) is 10.4 Å². The number of ether oxygens (including phenoxy) is 1. The fourth-order valence-corrected chi connectivity index (χ4v) is 2.41. The number of H-pyrrole nitrogens is 1. The molecule has 0 spiro atoms. The standard InChI is InChI=1S/C19H16ClN3O3/c1-12(26-16-8-6-15(20)7-9-16)18(24)23-21-11-14-10-13-4-2-3-5-17(13)22-19(14)25/h2-12H,1H3,(H,22,25)(H,23,24)/b21-11+. The number of carbonyl (C=O) groups is 1. The summed E-state index contributed by atoms with van der Waals surface area (Å²) in [7, 11) is 0. The maximum Gasteiger partial charge on any atom is 0.280 e. The van der Waals surface area contributed by atoms with Crippen LogP contribution >= 0.6 is 11.6 Å². The highest BCUT2D eigenvalue weighted by molar-refractivity contribution is 6.30. The number of fused-ring (bicyclic) bond motifs is 1. The van der Waals surface area contributed by atoms with Crippen LogP contribution in [0.25, 0.3) is 10.9 Å². The van der Waals surface area contributed by atoms with Crippen LogP contribution in [0.15, 0.2) is 64.5 Å². The zero-order chi connectivity index (χ0) is 18.5. The predicted octanol–water partition coefficient (Wildman–Crippen LogP) is 3.10. The topological polar surface area (TPSA) is 83.5 Å². The van der Waals surface area contributed by atoms with Crippen LogP contribution in [0.5, 0.6) is 5.75 Å². The molecule has 132 valence electrons. The molecule has 0 fully saturated rings. The van der Waals surface area contributed by atoms with Gasteiger partial charge in [0.1, 0.15) is 5.75 Å². The number of hydrogen-bond donors (Lipinski definition) is 2. The van der Waals surface area contributed by atoms with Crippen LogP contribution in [0, 0.1) is 0 Å². The third-order valence-corrected chi connectivity index (χ3v) is 3.91. The van der Waals surface area contributed by atoms with Crippen molar-refractivity contribution < 1.29 is 9.53 Å². The van der Waals surface area contributed by atoms with E-state index >= 15 is 0 Å². The Bertz CT molecular complexity index is 1010. The third kappa shape index (κ3) is 4.29. The van der Waals surface area contributed by atoms with Crippen molar-refractivity contribution in [2.75, 3.05) is 0 Å². The molecule has 0 bridgehead atoms. The average Bonchev–Trinajstić information content (AvgIpc) is 2.63. The summed E-state index contributed by atoms with van der Waals surface area (Å²) in [6.45, 7) is 1.60. The highest BCUT2D eigenvalue weighted by Crippen LogP contribution is 2.16. The monoisotopic (exact) mass is 369 g/mol. The van der Waals surface area contributed by atoms with Gasteiger partial charge < -0.3 is 9.72 Å². The van der Waals surface area contributed by atoms with Crippen molar-refractivity contribution in [2.45, 2.75) is 13.0 Å². The molecule has 6 nitrogen and oxygen atoms in total. The van der Waals surface area contributed by atoms with Crippen molar-refractivity contribution in [3.8, 4) is 5.75 Å². The van der Waals surface area contributed by atoms with Gasteiger partial charge in [-0.05, 0) is 48.7 Å². The van der Waals surface area contributed by atoms with E-state index in [4.69, 9.17) is 16.3 Å². The zero-order valence-electron chi connectivity index (χ0n) is 13.9. The van der Waals surface area contributed by atoms with E-state index in [1.165, 1.54) is 6.21 Å². The van der Waals surface area contributed by atoms with E-state index in [0.717, 1.165) is 10.9 Å². The summed E-state index contributed by atoms with van der Waals surface area (Å²) in [5, 5.41) is 5.30. The summed E-state index contributed by atoms with van der Waals surface area (Å²) in [6.07, 6.45) is 0.543. The van der Waals surface area contributed by atoms with Gasteiger partial charge >= 0.3 is 0 Å². The second-order valence-electron chi connectivity index (χ2n) is 5.59. The van der Waals surface area contributed by atoms with Crippen molar-refractivity contribution in [2.24, 2.45) is 5.10 Å². The van der Waals surface area contributed by atoms with Gasteiger partial charge in [-0.15, -0.1) is 0 Å². The Morgan fingerprint density at radius 3 is 2.73 bits per heavy atom. The molecule has 0 saturated carbocycles. The lowest BCUT2D eigenvalue weighted by Gasteiger charge is -2.12. The molecule has 3 rings (SSSR count). The summed E-state index contributed by atoms with van der Waals surface area (Å²) in [6, 6.07) is 15.8. The molecule has 1 aromatic heterocycles. The third-order valence-electron chi connectivity index (χ3n) is 3.66. The number of para-hydroxylation sites is 1. The first-order valence-corrected chi connectivity index (χ1v) is 8.28. The number of pyridine rings is 1. The minimum absolute atomic E-state index is 0.285. The first-order valence-electron chi connectivity index (χ1n) is 7.90. The fourth-order valence-electron chi connectivity index (χ4n) is 2.29. The maximum atomic E-state index is 12.0. The molecule has 26 heavy (non-hydrogen) atoms. The normalized spacial score (nSPS) is 12.2. The summed E-state index contributed by atoms with van der Waals surface area (Å²) >= 11 is 5.80. The van der Waals surface area contributed by atoms with Crippen LogP contribution in [0.3, 0.4) is 0 Å². The lowest BCUT2D eigenvalue weighted by molar-refractivity contribution is -0.127. The minimum atomic E-state index is -0.761. The van der Waals surface area contributed by atoms with Gasteiger partial charge in [0.25, 0.3) is 11.5 Å². The Morgan fingerprint density at radius 1 is 1.23 bits per heavy atom. The highest BCUT2D eigenvalue weighted by Gasteiger charge is 2.13. The van der Waals surface area contributed by atoms with E-state index in [1.54, 1.807) is 37.3 Å². The first kappa shape index (κ1) is 17.7. The zero-order valence-corrected chi connectivity index (χ0v) is 14.7. The van der Waals surface area contributed by atoms with E-state index in [2.05, 4.69) is 15.5 Å². The highest BCUT2D eigenvalue weighted by atomic mass is 35.5. The number of nitrogens with one attached hydrogen (secondary N) is 2. The molecular weight excluding hydrogens is 354 g/mol. The number of benzene rings is 2. The average molecular weight is 370 g/mol. The van der Waals surface area contributed by atoms with Crippen LogP contribution in [0.2, 0.25) is 5.02 Å². The molecule has 0 aliphatic carbocycles. The van der Waals surface area contributed by atoms with Crippen molar-refractivity contribution in [3.63, 3.8) is 0 Å². The smallest absolute Gasteiger partial charge is 0.280 e. The number of hydrogen-bond acceptors (Lipinski definition) is 4. The molecule has 2 N–H and O–H groups in total. The number of hydrazone groups is 1. The lowest BCUT2D eigenvalue weighted by Crippen LogP contribution is -2.33. The molecule has 0 saturated heterocycles. The quantitative estimate of drug-likeness (QED) is 0.535. The van der Waals surface area contributed by atoms with Gasteiger partial charge in [-0.1, -0.05) is 29.8 Å². The van der Waals surface area contributed by atoms with Gasteiger partial charge in [-0.3, -0.25) is 9.59 Å². The SMILES string of the molecule is CC(Oc1ccc(Cl)cc1)C(=O)N/N=C/c1cc2ccccc2[nH]c1=O. The molecule has 1 amide bonds. The summed E-state index contributed by atoms with van der Waals surface area (Å²) < 4.78 is 5.50. The van der Waals surface area contributed by atoms with Crippen molar-refractivity contribution >= 4 is 34.6 Å². The molecule has 7 heteroatoms. The van der Waals surface area contributed by atoms with Crippen LogP contribution in [0.1, 0.15) is 12.5 Å². The van der Waals surface area contributed by atoms with Crippen LogP contribution in [-0.2, 0) is 4.79 Å². The van der Waals surface area contributed by atoms with E-state index < -0.39 is 12.0 Å². The fraction of sp³-hybridized carbons (Fsp3) is 0.105. The number of amides is 1. The van der Waals surface area contributed by atoms with Gasteiger partial charge in [-0.2, -0.15) is 5.10 Å². The molecule has 0 radical (unpaired) electrons. The largest absolute Gasteiger partial charge is 0.481 e. The van der Waals surface area contributed by atoms with Gasteiger partial charge in [0.2, 0.25) is 0 Å². The second-order valence-corrected chi connectivity index (χ2v) is 6.03. The van der Waals surface area contributed by atoms with Gasteiger partial charge in [0, 0.05) is 10.5 Å². The van der Waals surface area contributed by atoms with Gasteiger partial charge in [-0.25, -0.2) is 5.43 Å². The Morgan fingerprint density at radius 2 is 1.96 bits per heavy atom. The molecule has 3 aromatic rings. The van der Waals surface area contributed by atoms with Crippen LogP contribution in [-0.4, -0.2) is 23.2 Å². The Hall–Kier alpha value is -3.12. The summed E-state index contributed by atoms with van der Waals surface area (Å²) in [5.41, 5.74) is 3.16. The van der Waals surface area contributed by atoms with Crippen molar-refractivity contribution in [3.05, 3.63) is 75.5 Å². The summed E-state index contributed by atoms with van der Waals surface area (Å²) in [5.74, 6) is 0.0837. The number of nitrogens with zero attached hydrogens (tertiary/aromatic N) is 1. The van der Waals surface area contributed by atoms with Crippen molar-refractivity contribution in [1.29, 1.82) is 0 Å². The molecule has 0 aliphatic rings. The Balaban J connectivity index is 1.64. The number of aromatic nitrogens is 1. The maximum absolute atomic E-state index is 12.0. The van der Waals surface area contributed by atoms with Gasteiger partial charge in [0.15, 0.2) is 6.10 Å². The number of rotatable bonds is 5. The summed E-state index contributed by atoms with van der Waals surface area (Å²) in [4.78, 5) is 26.8. The molecule has 2 aromatic carbocycles. The number of aromatic amines is 1. The minimum Gasteiger partial charge on any atom is -0.481 e. The first-order chi connectivity index (χ1) is 12.5. The van der Waals surface area contributed by atoms with Crippen LogP contribution < -0.4 is 15.7 Å². The van der Waals surface area contributed by atoms with E-state index in [0.29, 0.717) is 16.3 Å². The van der Waals surface area contributed by atoms with E-state index in [1.807, 2.05) is 24.3 Å².